The van der Waals surface area contributed by atoms with E-state index in [1.165, 1.54) is 12.8 Å². The van der Waals surface area contributed by atoms with Crippen LogP contribution in [0.4, 0.5) is 4.79 Å². The van der Waals surface area contributed by atoms with Crippen LogP contribution in [0.1, 0.15) is 44.8 Å². The Kier molecular flexibility index (Phi) is 6.63. The van der Waals surface area contributed by atoms with Gasteiger partial charge < -0.3 is 15.3 Å². The van der Waals surface area contributed by atoms with E-state index in [-0.39, 0.29) is 11.6 Å². The van der Waals surface area contributed by atoms with E-state index in [9.17, 15) is 9.90 Å². The molecule has 0 aliphatic carbocycles. The van der Waals surface area contributed by atoms with Crippen molar-refractivity contribution in [3.8, 4) is 0 Å². The number of nitrogens with one attached hydrogen (secondary N) is 1. The number of carbonyl (C=O) groups is 1. The molecule has 2 amide bonds. The van der Waals surface area contributed by atoms with Crippen LogP contribution in [0.15, 0.2) is 30.3 Å². The molecule has 0 spiro atoms. The van der Waals surface area contributed by atoms with Crippen LogP contribution in [0.25, 0.3) is 0 Å². The van der Waals surface area contributed by atoms with Crippen LogP contribution in [-0.2, 0) is 0 Å². The maximum Gasteiger partial charge on any atom is 0.317 e. The quantitative estimate of drug-likeness (QED) is 0.806. The zero-order chi connectivity index (χ0) is 17.6. The van der Waals surface area contributed by atoms with E-state index >= 15 is 0 Å². The number of hydrogen-bond donors (Lipinski definition) is 2. The minimum absolute atomic E-state index is 0.0173. The van der Waals surface area contributed by atoms with E-state index in [4.69, 9.17) is 0 Å². The van der Waals surface area contributed by atoms with Crippen molar-refractivity contribution in [2.24, 2.45) is 0 Å². The van der Waals surface area contributed by atoms with Crippen LogP contribution in [0.3, 0.4) is 0 Å². The fourth-order valence-electron chi connectivity index (χ4n) is 3.12. The second-order valence-corrected chi connectivity index (χ2v) is 7.30. The highest BCUT2D eigenvalue weighted by Gasteiger charge is 2.29. The number of carbonyl (C=O) groups excluding carboxylic acids is 1. The molecule has 5 nitrogen and oxygen atoms in total. The average Bonchev–Trinajstić information content (AvgIpc) is 3.13. The minimum Gasteiger partial charge on any atom is -0.388 e. The molecule has 1 atom stereocenters. The Labute approximate surface area is 145 Å². The summed E-state index contributed by atoms with van der Waals surface area (Å²) in [6.07, 6.45) is 2.48. The van der Waals surface area contributed by atoms with E-state index in [2.05, 4.69) is 24.1 Å². The van der Waals surface area contributed by atoms with Crippen molar-refractivity contribution >= 4 is 6.03 Å². The molecule has 1 saturated heterocycles. The molecule has 0 bridgehead atoms. The van der Waals surface area contributed by atoms with E-state index in [0.717, 1.165) is 18.7 Å². The number of amides is 2. The summed E-state index contributed by atoms with van der Waals surface area (Å²) in [6, 6.07) is 9.48. The zero-order valence-electron chi connectivity index (χ0n) is 15.2. The molecule has 1 fully saturated rings. The van der Waals surface area contributed by atoms with Gasteiger partial charge in [0.2, 0.25) is 0 Å². The Morgan fingerprint density at radius 2 is 1.92 bits per heavy atom. The molecule has 1 aromatic rings. The van der Waals surface area contributed by atoms with Crippen molar-refractivity contribution in [2.45, 2.75) is 44.8 Å². The molecule has 1 unspecified atom stereocenters. The van der Waals surface area contributed by atoms with E-state index in [1.807, 2.05) is 30.3 Å². The summed E-state index contributed by atoms with van der Waals surface area (Å²) in [4.78, 5) is 16.4. The fraction of sp³-hybridized carbons (Fsp3) is 0.632. The van der Waals surface area contributed by atoms with Crippen LogP contribution in [0, 0.1) is 0 Å². The first-order chi connectivity index (χ1) is 11.4. The van der Waals surface area contributed by atoms with Crippen molar-refractivity contribution in [1.29, 1.82) is 0 Å². The molecule has 2 rings (SSSR count). The molecule has 0 aromatic heterocycles. The van der Waals surface area contributed by atoms with Crippen molar-refractivity contribution in [2.75, 3.05) is 33.2 Å². The molecule has 0 radical (unpaired) electrons. The summed E-state index contributed by atoms with van der Waals surface area (Å²) in [5.74, 6) is 0. The molecule has 1 aliphatic rings. The Morgan fingerprint density at radius 1 is 1.29 bits per heavy atom. The lowest BCUT2D eigenvalue weighted by Crippen LogP contribution is -2.52. The van der Waals surface area contributed by atoms with Gasteiger partial charge in [-0.2, -0.15) is 0 Å². The topological polar surface area (TPSA) is 55.8 Å². The lowest BCUT2D eigenvalue weighted by atomic mass is 10.0. The number of benzene rings is 1. The van der Waals surface area contributed by atoms with Crippen LogP contribution >= 0.6 is 0 Å². The lowest BCUT2D eigenvalue weighted by molar-refractivity contribution is 0.138. The van der Waals surface area contributed by atoms with E-state index < -0.39 is 6.10 Å². The molecular formula is C19H31N3O2. The van der Waals surface area contributed by atoms with Gasteiger partial charge in [-0.25, -0.2) is 4.79 Å². The summed E-state index contributed by atoms with van der Waals surface area (Å²) in [5, 5.41) is 13.2. The fourth-order valence-corrected chi connectivity index (χ4v) is 3.12. The van der Waals surface area contributed by atoms with Crippen molar-refractivity contribution < 1.29 is 9.90 Å². The number of hydrogen-bond acceptors (Lipinski definition) is 3. The highest BCUT2D eigenvalue weighted by atomic mass is 16.3. The highest BCUT2D eigenvalue weighted by molar-refractivity contribution is 5.73. The largest absolute Gasteiger partial charge is 0.388 e. The third kappa shape index (κ3) is 5.21. The van der Waals surface area contributed by atoms with Crippen molar-refractivity contribution in [3.05, 3.63) is 35.9 Å². The Hall–Kier alpha value is -1.59. The van der Waals surface area contributed by atoms with Crippen LogP contribution in [-0.4, -0.2) is 59.7 Å². The molecule has 1 heterocycles. The van der Waals surface area contributed by atoms with E-state index in [1.54, 1.807) is 11.9 Å². The van der Waals surface area contributed by atoms with Gasteiger partial charge >= 0.3 is 6.03 Å². The third-order valence-corrected chi connectivity index (χ3v) is 4.90. The number of aliphatic hydroxyl groups excluding tert-OH is 1. The van der Waals surface area contributed by atoms with Gasteiger partial charge in [-0.05, 0) is 51.8 Å². The Balaban J connectivity index is 1.73. The second-order valence-electron chi connectivity index (χ2n) is 7.30. The van der Waals surface area contributed by atoms with Gasteiger partial charge in [0.25, 0.3) is 0 Å². The van der Waals surface area contributed by atoms with Gasteiger partial charge in [0.1, 0.15) is 0 Å². The SMILES string of the molecule is CN(CCC(O)c1ccccc1)C(=O)NCC(C)(C)N1CCCC1. The van der Waals surface area contributed by atoms with Crippen LogP contribution < -0.4 is 5.32 Å². The monoisotopic (exact) mass is 333 g/mol. The summed E-state index contributed by atoms with van der Waals surface area (Å²) in [7, 11) is 1.77. The molecule has 2 N–H and O–H groups in total. The standard InChI is InChI=1S/C19H31N3O2/c1-19(2,22-12-7-8-13-22)15-20-18(24)21(3)14-11-17(23)16-9-5-4-6-10-16/h4-6,9-10,17,23H,7-8,11-15H2,1-3H3,(H,20,24). The molecular weight excluding hydrogens is 302 g/mol. The number of aliphatic hydroxyl groups is 1. The van der Waals surface area contributed by atoms with Gasteiger partial charge in [0.05, 0.1) is 6.10 Å². The smallest absolute Gasteiger partial charge is 0.317 e. The minimum atomic E-state index is -0.539. The molecule has 24 heavy (non-hydrogen) atoms. The molecule has 0 saturated carbocycles. The van der Waals surface area contributed by atoms with Gasteiger partial charge in [-0.3, -0.25) is 4.90 Å². The highest BCUT2D eigenvalue weighted by Crippen LogP contribution is 2.20. The Bertz CT molecular complexity index is 513. The van der Waals surface area contributed by atoms with Crippen LogP contribution in [0.5, 0.6) is 0 Å². The summed E-state index contributed by atoms with van der Waals surface area (Å²) < 4.78 is 0. The first-order valence-corrected chi connectivity index (χ1v) is 8.87. The van der Waals surface area contributed by atoms with E-state index in [0.29, 0.717) is 19.5 Å². The summed E-state index contributed by atoms with van der Waals surface area (Å²) in [5.41, 5.74) is 0.873. The molecule has 134 valence electrons. The van der Waals surface area contributed by atoms with Crippen LogP contribution in [0.2, 0.25) is 0 Å². The first kappa shape index (κ1) is 18.7. The van der Waals surface area contributed by atoms with Gasteiger partial charge in [0, 0.05) is 25.7 Å². The maximum absolute atomic E-state index is 12.3. The second kappa shape index (κ2) is 8.49. The summed E-state index contributed by atoms with van der Waals surface area (Å²) in [6.45, 7) is 7.74. The first-order valence-electron chi connectivity index (χ1n) is 8.87. The van der Waals surface area contributed by atoms with Crippen molar-refractivity contribution in [3.63, 3.8) is 0 Å². The number of urea groups is 1. The number of likely N-dealkylation sites (tertiary alicyclic amines) is 1. The number of rotatable bonds is 7. The van der Waals surface area contributed by atoms with Gasteiger partial charge in [-0.1, -0.05) is 30.3 Å². The molecule has 1 aliphatic heterocycles. The lowest BCUT2D eigenvalue weighted by Gasteiger charge is -2.36. The van der Waals surface area contributed by atoms with Crippen molar-refractivity contribution in [1.82, 2.24) is 15.1 Å². The average molecular weight is 333 g/mol. The molecule has 5 heteroatoms. The van der Waals surface area contributed by atoms with Gasteiger partial charge in [0.15, 0.2) is 0 Å². The predicted octanol–water partition coefficient (Wildman–Crippen LogP) is 2.63. The third-order valence-electron chi connectivity index (χ3n) is 4.90. The zero-order valence-corrected chi connectivity index (χ0v) is 15.2. The van der Waals surface area contributed by atoms with Gasteiger partial charge in [-0.15, -0.1) is 0 Å². The summed E-state index contributed by atoms with van der Waals surface area (Å²) >= 11 is 0. The normalized spacial score (nSPS) is 16.8. The Morgan fingerprint density at radius 3 is 2.54 bits per heavy atom. The maximum atomic E-state index is 12.3. The molecule has 1 aromatic carbocycles. The number of nitrogens with zero attached hydrogens (tertiary/aromatic N) is 2. The predicted molar refractivity (Wildman–Crippen MR) is 96.9 cm³/mol.